The summed E-state index contributed by atoms with van der Waals surface area (Å²) in [4.78, 5) is 3.99. The fraction of sp³-hybridized carbons (Fsp3) is 0.0833. The molecule has 1 aromatic carbocycles. The highest BCUT2D eigenvalue weighted by molar-refractivity contribution is 9.10. The number of aryl methyl sites for hydroxylation is 1. The van der Waals surface area contributed by atoms with Gasteiger partial charge in [-0.1, -0.05) is 0 Å². The number of nitrogen functional groups attached to an aromatic ring is 1. The Labute approximate surface area is 120 Å². The average Bonchev–Trinajstić information content (AvgIpc) is 2.34. The van der Waals surface area contributed by atoms with Gasteiger partial charge in [0.1, 0.15) is 0 Å². The molecule has 1 aromatic heterocycles. The van der Waals surface area contributed by atoms with E-state index in [1.165, 1.54) is 18.5 Å². The molecule has 5 nitrogen and oxygen atoms in total. The number of hydrogen-bond acceptors (Lipinski definition) is 4. The zero-order chi connectivity index (χ0) is 14.0. The second-order valence-corrected chi connectivity index (χ2v) is 6.49. The third-order valence-electron chi connectivity index (χ3n) is 2.52. The Kier molecular flexibility index (Phi) is 3.77. The molecule has 2 aromatic rings. The van der Waals surface area contributed by atoms with Crippen molar-refractivity contribution in [3.63, 3.8) is 0 Å². The molecule has 7 heteroatoms. The molecule has 0 fully saturated rings. The molecule has 19 heavy (non-hydrogen) atoms. The van der Waals surface area contributed by atoms with Gasteiger partial charge in [0.25, 0.3) is 10.0 Å². The minimum absolute atomic E-state index is 0.157. The molecule has 0 aliphatic rings. The van der Waals surface area contributed by atoms with Crippen LogP contribution < -0.4 is 10.5 Å². The van der Waals surface area contributed by atoms with E-state index in [0.717, 1.165) is 0 Å². The first-order valence-corrected chi connectivity index (χ1v) is 7.66. The molecule has 0 saturated carbocycles. The number of nitrogens with two attached hydrogens (primary N) is 1. The zero-order valence-electron chi connectivity index (χ0n) is 10.1. The third-order valence-corrected chi connectivity index (χ3v) is 4.73. The van der Waals surface area contributed by atoms with Crippen LogP contribution >= 0.6 is 15.9 Å². The molecule has 0 amide bonds. The molecular weight excluding hydrogens is 330 g/mol. The van der Waals surface area contributed by atoms with E-state index in [2.05, 4.69) is 25.6 Å². The molecule has 2 rings (SSSR count). The first-order valence-electron chi connectivity index (χ1n) is 5.38. The molecule has 1 heterocycles. The molecule has 0 aliphatic heterocycles. The lowest BCUT2D eigenvalue weighted by atomic mass is 10.2. The van der Waals surface area contributed by atoms with Crippen molar-refractivity contribution in [2.24, 2.45) is 0 Å². The highest BCUT2D eigenvalue weighted by Crippen LogP contribution is 2.27. The first kappa shape index (κ1) is 13.8. The quantitative estimate of drug-likeness (QED) is 0.840. The second-order valence-electron chi connectivity index (χ2n) is 3.98. The average molecular weight is 342 g/mol. The summed E-state index contributed by atoms with van der Waals surface area (Å²) < 4.78 is 27.7. The normalized spacial score (nSPS) is 11.3. The van der Waals surface area contributed by atoms with Gasteiger partial charge in [-0.2, -0.15) is 0 Å². The summed E-state index contributed by atoms with van der Waals surface area (Å²) in [6, 6.07) is 6.27. The van der Waals surface area contributed by atoms with Gasteiger partial charge in [0, 0.05) is 22.6 Å². The number of rotatable bonds is 3. The number of nitrogens with zero attached hydrogens (tertiary/aromatic N) is 1. The van der Waals surface area contributed by atoms with Gasteiger partial charge in [-0.3, -0.25) is 9.71 Å². The summed E-state index contributed by atoms with van der Waals surface area (Å²) in [5, 5.41) is 0. The van der Waals surface area contributed by atoms with Gasteiger partial charge in [-0.25, -0.2) is 8.42 Å². The molecule has 0 unspecified atom stereocenters. The molecule has 0 spiro atoms. The van der Waals surface area contributed by atoms with Crippen LogP contribution in [0.2, 0.25) is 0 Å². The predicted molar refractivity (Wildman–Crippen MR) is 78.3 cm³/mol. The molecule has 0 saturated heterocycles. The van der Waals surface area contributed by atoms with Crippen molar-refractivity contribution >= 4 is 37.3 Å². The van der Waals surface area contributed by atoms with Gasteiger partial charge in [0.05, 0.1) is 10.6 Å². The lowest BCUT2D eigenvalue weighted by Crippen LogP contribution is -2.14. The molecule has 0 radical (unpaired) electrons. The van der Waals surface area contributed by atoms with Crippen molar-refractivity contribution < 1.29 is 8.42 Å². The fourth-order valence-electron chi connectivity index (χ4n) is 1.59. The van der Waals surface area contributed by atoms with E-state index in [9.17, 15) is 8.42 Å². The Hall–Kier alpha value is -1.60. The van der Waals surface area contributed by atoms with Crippen LogP contribution in [0.5, 0.6) is 0 Å². The Morgan fingerprint density at radius 2 is 1.89 bits per heavy atom. The van der Waals surface area contributed by atoms with Crippen LogP contribution in [0.3, 0.4) is 0 Å². The minimum atomic E-state index is -3.66. The number of pyridine rings is 1. The Bertz CT molecular complexity index is 702. The highest BCUT2D eigenvalue weighted by Gasteiger charge is 2.18. The SMILES string of the molecule is Cc1cc(Br)c(N)cc1S(=O)(=O)Nc1ccncc1. The van der Waals surface area contributed by atoms with E-state index >= 15 is 0 Å². The maximum Gasteiger partial charge on any atom is 0.262 e. The topological polar surface area (TPSA) is 85.1 Å². The summed E-state index contributed by atoms with van der Waals surface area (Å²) in [6.45, 7) is 1.71. The van der Waals surface area contributed by atoms with E-state index in [-0.39, 0.29) is 4.90 Å². The number of hydrogen-bond donors (Lipinski definition) is 2. The van der Waals surface area contributed by atoms with Crippen molar-refractivity contribution in [1.82, 2.24) is 4.98 Å². The van der Waals surface area contributed by atoms with Crippen molar-refractivity contribution in [3.8, 4) is 0 Å². The number of anilines is 2. The van der Waals surface area contributed by atoms with Gasteiger partial charge in [0.2, 0.25) is 0 Å². The molecular formula is C12H12BrN3O2S. The Balaban J connectivity index is 2.43. The van der Waals surface area contributed by atoms with Crippen molar-refractivity contribution in [2.75, 3.05) is 10.5 Å². The van der Waals surface area contributed by atoms with Gasteiger partial charge >= 0.3 is 0 Å². The van der Waals surface area contributed by atoms with Crippen LogP contribution in [-0.4, -0.2) is 13.4 Å². The monoisotopic (exact) mass is 341 g/mol. The molecule has 0 aliphatic carbocycles. The minimum Gasteiger partial charge on any atom is -0.398 e. The van der Waals surface area contributed by atoms with E-state index in [0.29, 0.717) is 21.4 Å². The van der Waals surface area contributed by atoms with Crippen LogP contribution in [0.1, 0.15) is 5.56 Å². The van der Waals surface area contributed by atoms with E-state index in [4.69, 9.17) is 5.73 Å². The van der Waals surface area contributed by atoms with Gasteiger partial charge in [-0.15, -0.1) is 0 Å². The standard InChI is InChI=1S/C12H12BrN3O2S/c1-8-6-10(13)11(14)7-12(8)19(17,18)16-9-2-4-15-5-3-9/h2-7H,14H2,1H3,(H,15,16). The number of aromatic nitrogens is 1. The maximum absolute atomic E-state index is 12.3. The van der Waals surface area contributed by atoms with Crippen molar-refractivity contribution in [1.29, 1.82) is 0 Å². The Morgan fingerprint density at radius 3 is 2.53 bits per heavy atom. The third kappa shape index (κ3) is 3.05. The molecule has 100 valence electrons. The largest absolute Gasteiger partial charge is 0.398 e. The summed E-state index contributed by atoms with van der Waals surface area (Å²) in [5.41, 5.74) is 7.17. The number of sulfonamides is 1. The number of halogens is 1. The molecule has 3 N–H and O–H groups in total. The zero-order valence-corrected chi connectivity index (χ0v) is 12.5. The summed E-state index contributed by atoms with van der Waals surface area (Å²) in [7, 11) is -3.66. The van der Waals surface area contributed by atoms with Gasteiger partial charge in [0.15, 0.2) is 0 Å². The van der Waals surface area contributed by atoms with Crippen LogP contribution in [-0.2, 0) is 10.0 Å². The summed E-state index contributed by atoms with van der Waals surface area (Å²) in [6.07, 6.45) is 3.03. The molecule has 0 atom stereocenters. The van der Waals surface area contributed by atoms with Crippen molar-refractivity contribution in [3.05, 3.63) is 46.7 Å². The van der Waals surface area contributed by atoms with E-state index in [1.54, 1.807) is 25.1 Å². The summed E-state index contributed by atoms with van der Waals surface area (Å²) in [5.74, 6) is 0. The highest BCUT2D eigenvalue weighted by atomic mass is 79.9. The second kappa shape index (κ2) is 5.18. The first-order chi connectivity index (χ1) is 8.90. The molecule has 0 bridgehead atoms. The lowest BCUT2D eigenvalue weighted by Gasteiger charge is -2.11. The number of nitrogens with one attached hydrogen (secondary N) is 1. The van der Waals surface area contributed by atoms with Crippen molar-refractivity contribution in [2.45, 2.75) is 11.8 Å². The van der Waals surface area contributed by atoms with Gasteiger partial charge in [-0.05, 0) is 52.7 Å². The smallest absolute Gasteiger partial charge is 0.262 e. The summed E-state index contributed by atoms with van der Waals surface area (Å²) >= 11 is 3.27. The predicted octanol–water partition coefficient (Wildman–Crippen LogP) is 2.54. The van der Waals surface area contributed by atoms with Crippen LogP contribution in [0, 0.1) is 6.92 Å². The Morgan fingerprint density at radius 1 is 1.26 bits per heavy atom. The lowest BCUT2D eigenvalue weighted by molar-refractivity contribution is 0.600. The maximum atomic E-state index is 12.3. The fourth-order valence-corrected chi connectivity index (χ4v) is 3.37. The van der Waals surface area contributed by atoms with E-state index in [1.807, 2.05) is 0 Å². The van der Waals surface area contributed by atoms with Gasteiger partial charge < -0.3 is 5.73 Å². The van der Waals surface area contributed by atoms with Crippen LogP contribution in [0.15, 0.2) is 46.0 Å². The number of benzene rings is 1. The van der Waals surface area contributed by atoms with Crippen LogP contribution in [0.4, 0.5) is 11.4 Å². The van der Waals surface area contributed by atoms with E-state index < -0.39 is 10.0 Å². The van der Waals surface area contributed by atoms with Crippen LogP contribution in [0.25, 0.3) is 0 Å².